The van der Waals surface area contributed by atoms with Gasteiger partial charge in [-0.1, -0.05) is 54.1 Å². The number of ketones is 1. The van der Waals surface area contributed by atoms with Crippen LogP contribution in [0.2, 0.25) is 0 Å². The van der Waals surface area contributed by atoms with Gasteiger partial charge in [-0.3, -0.25) is 9.59 Å². The third-order valence-electron chi connectivity index (χ3n) is 8.77. The molecule has 2 aromatic rings. The predicted molar refractivity (Wildman–Crippen MR) is 539 cm³/mol. The van der Waals surface area contributed by atoms with E-state index in [0.717, 1.165) is 22.0 Å². The summed E-state index contributed by atoms with van der Waals surface area (Å²) >= 11 is 4.79. The lowest BCUT2D eigenvalue weighted by atomic mass is 9.91. The number of Topliss-reactive ketones (excluding diaryl/α,β-unsaturated/α-hetero) is 1. The summed E-state index contributed by atoms with van der Waals surface area (Å²) in [6.07, 6.45) is 12.8. The van der Waals surface area contributed by atoms with Gasteiger partial charge in [0, 0.05) is 445 Å². The highest BCUT2D eigenvalue weighted by molar-refractivity contribution is 14.2. The lowest BCUT2D eigenvalue weighted by Gasteiger charge is -2.15. The van der Waals surface area contributed by atoms with E-state index >= 15 is 0 Å². The average molecular weight is 2060 g/mol. The number of hydrogen-bond acceptors (Lipinski definition) is 4. The number of aliphatic carboxylic acids is 1. The second-order valence-electron chi connectivity index (χ2n) is 16.3. The summed E-state index contributed by atoms with van der Waals surface area (Å²) in [5.41, 5.74) is 3.50. The Bertz CT molecular complexity index is 7110. The number of halogens is 8. The van der Waals surface area contributed by atoms with Gasteiger partial charge in [0.15, 0.2) is 0 Å². The smallest absolute Gasteiger partial charge is 0.481 e. The molecule has 1 N–H and O–H groups in total. The van der Waals surface area contributed by atoms with Gasteiger partial charge in [-0.2, -0.15) is 0 Å². The van der Waals surface area contributed by atoms with E-state index in [9.17, 15) is 9.59 Å². The monoisotopic (exact) mass is 2050 g/mol. The summed E-state index contributed by atoms with van der Waals surface area (Å²) in [5, 5.41) is 8.49. The first-order valence-corrected chi connectivity index (χ1v) is 44.3. The van der Waals surface area contributed by atoms with Gasteiger partial charge in [0.2, 0.25) is 9.23 Å². The molecule has 1 aliphatic carbocycles. The van der Waals surface area contributed by atoms with Crippen LogP contribution in [0.5, 0.6) is 0 Å². The van der Waals surface area contributed by atoms with Crippen molar-refractivity contribution in [2.75, 3.05) is 6.23 Å². The van der Waals surface area contributed by atoms with Crippen molar-refractivity contribution < 1.29 is 20.3 Å². The largest absolute Gasteiger partial charge is 0.643 e. The van der Waals surface area contributed by atoms with Gasteiger partial charge in [-0.15, -0.1) is 26.0 Å². The van der Waals surface area contributed by atoms with Crippen molar-refractivity contribution in [2.24, 2.45) is 0 Å². The molecule has 0 spiro atoms. The van der Waals surface area contributed by atoms with E-state index < -0.39 is 26.6 Å². The summed E-state index contributed by atoms with van der Waals surface area (Å²) in [5.74, 6) is 208. The van der Waals surface area contributed by atoms with Crippen LogP contribution >= 0.6 is 127 Å². The van der Waals surface area contributed by atoms with Crippen molar-refractivity contribution in [1.29, 1.82) is 0 Å². The molecule has 0 atom stereocenters. The Balaban J connectivity index is -0.000000736. The number of carbonyl (C=O) groups is 2. The molecule has 0 saturated carbocycles. The van der Waals surface area contributed by atoms with Crippen molar-refractivity contribution >= 4 is 159 Å². The fraction of sp³-hybridized carbons (Fsp3) is 0.0642. The topological polar surface area (TPSA) is 71.4 Å². The minimum atomic E-state index is -1.72. The number of carbonyl (C=O) groups excluding carboxylic acids is 1. The van der Waals surface area contributed by atoms with E-state index in [1.54, 1.807) is 0 Å². The number of rotatable bonds is 2. The molecule has 0 amide bonds. The number of carboxylic acids is 1. The van der Waals surface area contributed by atoms with Crippen LogP contribution in [0.15, 0.2) is 55.6 Å². The van der Waals surface area contributed by atoms with Crippen LogP contribution in [0, 0.1) is 517 Å². The first-order valence-electron chi connectivity index (χ1n) is 31.3. The number of terminal acetylenes is 2. The van der Waals surface area contributed by atoms with Crippen molar-refractivity contribution in [2.45, 2.75) is 40.5 Å². The first-order chi connectivity index (χ1) is 60.3. The average Bonchev–Trinajstić information content (AvgIpc) is 0.831. The molecule has 0 radical (unpaired) electrons. The number of hydrogen-bond donors (Lipinski definition) is 1. The van der Waals surface area contributed by atoms with Gasteiger partial charge < -0.3 is 5.11 Å². The van der Waals surface area contributed by atoms with Gasteiger partial charge in [0.25, 0.3) is 0 Å². The predicted octanol–water partition coefficient (Wildman–Crippen LogP) is 11.2. The van der Waals surface area contributed by atoms with Crippen molar-refractivity contribution in [3.8, 4) is 510 Å². The molecule has 0 aliphatic heterocycles. The molecule has 0 fully saturated rings. The Hall–Kier alpha value is -16.9. The van der Waals surface area contributed by atoms with Crippen LogP contribution in [-0.4, -0.2) is 38.7 Å². The van der Waals surface area contributed by atoms with Crippen LogP contribution < -0.4 is 0 Å². The zero-order valence-electron chi connectivity index (χ0n) is 62.7. The van der Waals surface area contributed by atoms with E-state index in [1.165, 1.54) is 23.6 Å². The molecule has 15 heteroatoms. The lowest BCUT2D eigenvalue weighted by Crippen LogP contribution is -2.14. The molecule has 2 aromatic carbocycles. The Morgan fingerprint density at radius 2 is 0.532 bits per heavy atom. The lowest BCUT2D eigenvalue weighted by molar-refractivity contribution is -0.136. The molecular weight excluding hydrogens is 2020 g/mol. The molecule has 0 aromatic heterocycles. The zero-order valence-corrected chi connectivity index (χ0v) is 74.8. The highest BCUT2D eigenvalue weighted by Crippen LogP contribution is 2.23. The quantitative estimate of drug-likeness (QED) is 0.107. The summed E-state index contributed by atoms with van der Waals surface area (Å²) in [6, 6.07) is 13.7. The summed E-state index contributed by atoms with van der Waals surface area (Å²) in [4.78, 5) is 21.5. The van der Waals surface area contributed by atoms with Gasteiger partial charge in [-0.25, -0.2) is 34.4 Å². The first kappa shape index (κ1) is 116. The molecule has 124 heavy (non-hydrogen) atoms. The third-order valence-corrected chi connectivity index (χ3v) is 10.8. The summed E-state index contributed by atoms with van der Waals surface area (Å²) in [7, 11) is 23.7. The molecule has 0 saturated heterocycles. The third kappa shape index (κ3) is 105. The van der Waals surface area contributed by atoms with Crippen molar-refractivity contribution in [1.82, 2.24) is 0 Å². The molecule has 564 valence electrons. The second kappa shape index (κ2) is 104. The Labute approximate surface area is 806 Å². The SMILES string of the molecule is C.C.C#CC#CC#CC#CC#CC#CC#CC#CC#CC#CC#CC#CC#CC#CC#CC#CC#CC#CC#CC#CC#CC#CC#CC#CC#CC#CC#CC#CC#CC#CC#CC#CC#CC#CC#CC#CC#CC#CC#CC#CC#CC#CC#C.C=C.O=C(O)Cc1ccccc1I.O=C1CCc2cccc(I)c2C1.O=S(Cl)Cl.[2H]CSI.[Cl][Al]([Cl])[Cl]. The van der Waals surface area contributed by atoms with Crippen LogP contribution in [0.25, 0.3) is 0 Å². The van der Waals surface area contributed by atoms with Crippen LogP contribution in [0.1, 0.15) is 39.3 Å². The Kier molecular flexibility index (Phi) is 97.1. The minimum absolute atomic E-state index is 0. The fourth-order valence-electron chi connectivity index (χ4n) is 4.97. The van der Waals surface area contributed by atoms with E-state index in [-0.39, 0.29) is 21.3 Å². The summed E-state index contributed by atoms with van der Waals surface area (Å²) < 4.78 is 17.7. The highest BCUT2D eigenvalue weighted by Gasteiger charge is 2.16. The molecule has 0 heterocycles. The van der Waals surface area contributed by atoms with Crippen LogP contribution in [0.3, 0.4) is 0 Å². The maximum atomic E-state index is 11.2. The highest BCUT2D eigenvalue weighted by atomic mass is 127. The van der Waals surface area contributed by atoms with E-state index in [2.05, 4.69) is 616 Å². The molecular formula is C109H33AlCl5I3O4S2. The number of carboxylic acid groups (broad SMARTS) is 1. The van der Waals surface area contributed by atoms with E-state index in [4.69, 9.17) is 53.7 Å². The molecule has 4 nitrogen and oxygen atoms in total. The summed E-state index contributed by atoms with van der Waals surface area (Å²) in [6.45, 7) is 6.00. The zero-order chi connectivity index (χ0) is 90.8. The standard InChI is InChI=1S/C86H2.C10H9IO.C8H7IO2.C2H4.CH3IS.2CH4.Al.Cl2OS.3ClH/c1-3-5-7-9-11-13-15-17-19-21-23-25-27-29-31-33-35-37-39-41-43-45-47-49-51-53-55-57-59-61-63-65-67-69-71-73-75-77-79-81-83-85-86-84-82-80-78-76-74-72-70-68-66-64-62-60-58-56-54-52-50-48-46-44-42-40-38-36-34-32-30-28-26-24-22-20-18-16-14-12-10-8-6-4-2;11-10-3-1-2-7-4-5-8(12)6-9(7)10;9-7-4-2-1-3-6(7)5-8(10)11;1-2;1-3-2;;;;1-4(2)3;;;/h1-2H;1-3H,4-6H2;1-4H,5H2,(H,10,11);1-2H2;1H3;2*1H4;;;3*1H/q;;;;;;;+3;;;;/p-3/i;;;;1D;;;;;;;. The Morgan fingerprint density at radius 1 is 0.371 bits per heavy atom. The van der Waals surface area contributed by atoms with Gasteiger partial charge in [0.05, 0.1) is 6.42 Å². The van der Waals surface area contributed by atoms with Gasteiger partial charge >= 0.3 is 17.4 Å². The van der Waals surface area contributed by atoms with E-state index in [0.29, 0.717) is 18.4 Å². The van der Waals surface area contributed by atoms with Gasteiger partial charge in [-0.05, 0) is 203 Å². The number of aryl methyl sites for hydroxylation is 1. The maximum absolute atomic E-state index is 11.2. The van der Waals surface area contributed by atoms with Crippen LogP contribution in [0.4, 0.5) is 0 Å². The van der Waals surface area contributed by atoms with Crippen molar-refractivity contribution in [3.05, 3.63) is 79.5 Å². The normalized spacial score (nSPS) is 5.90. The molecule has 0 bridgehead atoms. The van der Waals surface area contributed by atoms with Crippen LogP contribution in [-0.2, 0) is 38.1 Å². The van der Waals surface area contributed by atoms with E-state index in [1.807, 2.05) is 24.3 Å². The second-order valence-corrected chi connectivity index (χ2v) is 29.7. The fourth-order valence-corrected chi connectivity index (χ4v) is 6.29. The maximum Gasteiger partial charge on any atom is 0.643 e. The van der Waals surface area contributed by atoms with Gasteiger partial charge in [0.1, 0.15) is 5.78 Å². The molecule has 3 rings (SSSR count). The molecule has 0 unspecified atom stereocenters. The minimum Gasteiger partial charge on any atom is -0.481 e. The number of fused-ring (bicyclic) bond motifs is 1. The number of benzene rings is 2. The molecule has 1 aliphatic rings. The Morgan fingerprint density at radius 3 is 0.685 bits per heavy atom. The van der Waals surface area contributed by atoms with Crippen molar-refractivity contribution in [3.63, 3.8) is 0 Å².